The Hall–Kier alpha value is -3.05. The first-order chi connectivity index (χ1) is 13.4. The lowest BCUT2D eigenvalue weighted by atomic mass is 10.2. The number of esters is 1. The molecule has 11 heteroatoms. The highest BCUT2D eigenvalue weighted by atomic mass is 32.2. The molecule has 2 aliphatic rings. The Bertz CT molecular complexity index is 983. The van der Waals surface area contributed by atoms with Gasteiger partial charge in [0.2, 0.25) is 0 Å². The molecule has 0 unspecified atom stereocenters. The van der Waals surface area contributed by atoms with Crippen LogP contribution >= 0.6 is 23.5 Å². The summed E-state index contributed by atoms with van der Waals surface area (Å²) in [6, 6.07) is 4.71. The van der Waals surface area contributed by atoms with E-state index in [9.17, 15) is 19.2 Å². The van der Waals surface area contributed by atoms with Crippen molar-refractivity contribution in [3.8, 4) is 11.5 Å². The summed E-state index contributed by atoms with van der Waals surface area (Å²) in [7, 11) is 0. The number of hydrogen-bond donors (Lipinski definition) is 2. The van der Waals surface area contributed by atoms with Crippen LogP contribution in [0.2, 0.25) is 0 Å². The van der Waals surface area contributed by atoms with Crippen molar-refractivity contribution in [2.24, 2.45) is 10.7 Å². The molecule has 0 saturated carbocycles. The third-order valence-electron chi connectivity index (χ3n) is 3.30. The quantitative estimate of drug-likeness (QED) is 0.415. The number of thioether (sulfide) groups is 2. The maximum absolute atomic E-state index is 12.1. The average molecular weight is 419 g/mol. The van der Waals surface area contributed by atoms with E-state index in [4.69, 9.17) is 15.2 Å². The molecule has 0 atom stereocenters. The molecule has 3 N–H and O–H groups in total. The largest absolute Gasteiger partial charge is 0.490 e. The molecule has 2 heterocycles. The van der Waals surface area contributed by atoms with Gasteiger partial charge in [-0.15, -0.1) is 0 Å². The van der Waals surface area contributed by atoms with Gasteiger partial charge in [-0.05, 0) is 54.2 Å². The number of imide groups is 1. The van der Waals surface area contributed by atoms with Crippen LogP contribution in [0.25, 0.3) is 6.08 Å². The van der Waals surface area contributed by atoms with E-state index in [2.05, 4.69) is 4.99 Å². The second kappa shape index (κ2) is 8.31. The standard InChI is InChI=1S/C17H13N3O6S2/c1-2-25-10-5-8(6-11-14(22)19-16(18)27-11)3-4-9(10)26-13(21)7-12-15(23)20-17(24)28-12/h3-7H,2H2,1H3,(H2,18,19,22)(H,20,23,24)/b11-6-,12-7+. The van der Waals surface area contributed by atoms with Crippen molar-refractivity contribution in [3.63, 3.8) is 0 Å². The molecule has 0 aromatic heterocycles. The number of rotatable bonds is 5. The number of carbonyl (C=O) groups excluding carboxylic acids is 4. The SMILES string of the molecule is CCOc1cc(/C=C2\SC(N)=NC2=O)ccc1OC(=O)/C=C1/SC(=O)NC1=O. The summed E-state index contributed by atoms with van der Waals surface area (Å²) in [5.74, 6) is -1.51. The predicted octanol–water partition coefficient (Wildman–Crippen LogP) is 1.79. The molecule has 0 bridgehead atoms. The molecule has 1 aromatic rings. The molecule has 9 nitrogen and oxygen atoms in total. The van der Waals surface area contributed by atoms with Crippen LogP contribution in [-0.2, 0) is 14.4 Å². The van der Waals surface area contributed by atoms with Crippen LogP contribution in [0.5, 0.6) is 11.5 Å². The van der Waals surface area contributed by atoms with E-state index in [1.165, 1.54) is 6.07 Å². The minimum Gasteiger partial charge on any atom is -0.490 e. The number of carbonyl (C=O) groups is 4. The number of benzene rings is 1. The van der Waals surface area contributed by atoms with Crippen LogP contribution in [0, 0.1) is 0 Å². The van der Waals surface area contributed by atoms with Crippen molar-refractivity contribution in [2.75, 3.05) is 6.61 Å². The molecule has 0 radical (unpaired) electrons. The Morgan fingerprint density at radius 2 is 2.00 bits per heavy atom. The average Bonchev–Trinajstić information content (AvgIpc) is 3.10. The van der Waals surface area contributed by atoms with E-state index in [0.717, 1.165) is 17.8 Å². The zero-order chi connectivity index (χ0) is 20.3. The Morgan fingerprint density at radius 1 is 1.21 bits per heavy atom. The molecule has 1 saturated heterocycles. The number of aliphatic imine (C=N–C) groups is 1. The van der Waals surface area contributed by atoms with Crippen molar-refractivity contribution in [1.29, 1.82) is 0 Å². The van der Waals surface area contributed by atoms with E-state index in [0.29, 0.717) is 28.8 Å². The lowest BCUT2D eigenvalue weighted by Crippen LogP contribution is -2.18. The third kappa shape index (κ3) is 4.61. The van der Waals surface area contributed by atoms with Crippen LogP contribution in [-0.4, -0.2) is 34.8 Å². The van der Waals surface area contributed by atoms with Crippen molar-refractivity contribution >= 4 is 57.8 Å². The van der Waals surface area contributed by atoms with Gasteiger partial charge in [-0.3, -0.25) is 19.7 Å². The van der Waals surface area contributed by atoms with Crippen molar-refractivity contribution < 1.29 is 28.7 Å². The Labute approximate surface area is 167 Å². The first-order valence-corrected chi connectivity index (χ1v) is 9.50. The zero-order valence-corrected chi connectivity index (χ0v) is 16.0. The van der Waals surface area contributed by atoms with Gasteiger partial charge < -0.3 is 15.2 Å². The molecule has 2 aliphatic heterocycles. The number of nitrogens with two attached hydrogens (primary N) is 1. The van der Waals surface area contributed by atoms with Gasteiger partial charge >= 0.3 is 5.97 Å². The summed E-state index contributed by atoms with van der Waals surface area (Å²) >= 11 is 1.67. The number of ether oxygens (including phenoxy) is 2. The maximum Gasteiger partial charge on any atom is 0.337 e. The zero-order valence-electron chi connectivity index (χ0n) is 14.4. The summed E-state index contributed by atoms with van der Waals surface area (Å²) in [4.78, 5) is 50.3. The third-order valence-corrected chi connectivity index (χ3v) is 4.93. The summed E-state index contributed by atoms with van der Waals surface area (Å²) < 4.78 is 10.7. The predicted molar refractivity (Wildman–Crippen MR) is 105 cm³/mol. The highest BCUT2D eigenvalue weighted by molar-refractivity contribution is 8.18. The van der Waals surface area contributed by atoms with Crippen molar-refractivity contribution in [3.05, 3.63) is 39.6 Å². The fourth-order valence-corrected chi connectivity index (χ4v) is 3.53. The topological polar surface area (TPSA) is 137 Å². The second-order valence-corrected chi connectivity index (χ2v) is 7.36. The minimum atomic E-state index is -0.831. The van der Waals surface area contributed by atoms with Gasteiger partial charge in [0.15, 0.2) is 16.7 Å². The summed E-state index contributed by atoms with van der Waals surface area (Å²) in [5.41, 5.74) is 6.15. The highest BCUT2D eigenvalue weighted by Crippen LogP contribution is 2.32. The highest BCUT2D eigenvalue weighted by Gasteiger charge is 2.26. The smallest absolute Gasteiger partial charge is 0.337 e. The lowest BCUT2D eigenvalue weighted by Gasteiger charge is -2.10. The molecule has 1 aromatic carbocycles. The molecular weight excluding hydrogens is 406 g/mol. The Balaban J connectivity index is 1.80. The Kier molecular flexibility index (Phi) is 5.85. The molecule has 28 heavy (non-hydrogen) atoms. The van der Waals surface area contributed by atoms with E-state index in [-0.39, 0.29) is 21.6 Å². The van der Waals surface area contributed by atoms with Crippen LogP contribution in [0.15, 0.2) is 39.1 Å². The molecular formula is C17H13N3O6S2. The van der Waals surface area contributed by atoms with Gasteiger partial charge in [0.1, 0.15) is 0 Å². The fraction of sp³-hybridized carbons (Fsp3) is 0.118. The molecule has 0 aliphatic carbocycles. The summed E-state index contributed by atoms with van der Waals surface area (Å²) in [5, 5.41) is 1.66. The molecule has 3 amide bonds. The van der Waals surface area contributed by atoms with Crippen LogP contribution in [0.4, 0.5) is 4.79 Å². The normalized spacial score (nSPS) is 19.2. The molecule has 144 valence electrons. The number of nitrogens with zero attached hydrogens (tertiary/aromatic N) is 1. The van der Waals surface area contributed by atoms with Gasteiger partial charge in [0, 0.05) is 6.08 Å². The van der Waals surface area contributed by atoms with Gasteiger partial charge in [-0.1, -0.05) is 6.07 Å². The number of nitrogens with one attached hydrogen (secondary N) is 1. The molecule has 1 fully saturated rings. The van der Waals surface area contributed by atoms with Crippen LogP contribution in [0.1, 0.15) is 12.5 Å². The van der Waals surface area contributed by atoms with Crippen molar-refractivity contribution in [2.45, 2.75) is 6.92 Å². The monoisotopic (exact) mass is 419 g/mol. The Morgan fingerprint density at radius 3 is 2.61 bits per heavy atom. The van der Waals surface area contributed by atoms with Gasteiger partial charge in [0.25, 0.3) is 17.1 Å². The van der Waals surface area contributed by atoms with Gasteiger partial charge in [0.05, 0.1) is 16.4 Å². The maximum atomic E-state index is 12.1. The number of amidine groups is 1. The fourth-order valence-electron chi connectivity index (χ4n) is 2.21. The van der Waals surface area contributed by atoms with E-state index >= 15 is 0 Å². The first kappa shape index (κ1) is 19.7. The molecule has 0 spiro atoms. The van der Waals surface area contributed by atoms with E-state index in [1.54, 1.807) is 25.1 Å². The van der Waals surface area contributed by atoms with E-state index < -0.39 is 23.0 Å². The second-order valence-electron chi connectivity index (χ2n) is 5.28. The lowest BCUT2D eigenvalue weighted by molar-refractivity contribution is -0.129. The minimum absolute atomic E-state index is 0.0522. The van der Waals surface area contributed by atoms with E-state index in [1.807, 2.05) is 5.32 Å². The summed E-state index contributed by atoms with van der Waals surface area (Å²) in [6.07, 6.45) is 2.53. The summed E-state index contributed by atoms with van der Waals surface area (Å²) in [6.45, 7) is 2.07. The van der Waals surface area contributed by atoms with Gasteiger partial charge in [-0.25, -0.2) is 4.79 Å². The van der Waals surface area contributed by atoms with Gasteiger partial charge in [-0.2, -0.15) is 4.99 Å². The van der Waals surface area contributed by atoms with Crippen molar-refractivity contribution in [1.82, 2.24) is 5.32 Å². The number of amides is 3. The van der Waals surface area contributed by atoms with Crippen LogP contribution < -0.4 is 20.5 Å². The van der Waals surface area contributed by atoms with Crippen LogP contribution in [0.3, 0.4) is 0 Å². The first-order valence-electron chi connectivity index (χ1n) is 7.87. The number of hydrogen-bond acceptors (Lipinski definition) is 9. The molecule has 3 rings (SSSR count).